The topological polar surface area (TPSA) is 27.7 Å². The monoisotopic (exact) mass is 666 g/mol. The van der Waals surface area contributed by atoms with Crippen LogP contribution in [0.1, 0.15) is 60.9 Å². The van der Waals surface area contributed by atoms with Gasteiger partial charge < -0.3 is 14.2 Å². The molecule has 0 aromatic heterocycles. The van der Waals surface area contributed by atoms with Gasteiger partial charge in [0.25, 0.3) is 0 Å². The van der Waals surface area contributed by atoms with Gasteiger partial charge >= 0.3 is 0 Å². The van der Waals surface area contributed by atoms with Crippen LogP contribution in [0.25, 0.3) is 28.0 Å². The Kier molecular flexibility index (Phi) is 7.24. The molecule has 0 saturated heterocycles. The minimum atomic E-state index is -1.11. The van der Waals surface area contributed by atoms with E-state index < -0.39 is 22.7 Å². The second kappa shape index (κ2) is 11.0. The second-order valence-electron chi connectivity index (χ2n) is 12.1. The molecule has 0 radical (unpaired) electrons. The molecule has 0 bridgehead atoms. The summed E-state index contributed by atoms with van der Waals surface area (Å²) in [5.41, 5.74) is 5.07. The van der Waals surface area contributed by atoms with E-state index in [-0.39, 0.29) is 5.39 Å². The summed E-state index contributed by atoms with van der Waals surface area (Å²) in [5.74, 6) is 0.554. The van der Waals surface area contributed by atoms with E-state index in [9.17, 15) is 0 Å². The Labute approximate surface area is 270 Å². The summed E-state index contributed by atoms with van der Waals surface area (Å²) < 4.78 is 50.4. The van der Waals surface area contributed by atoms with Crippen molar-refractivity contribution >= 4 is 32.8 Å². The maximum atomic E-state index is 16.2. The molecule has 6 heteroatoms. The summed E-state index contributed by atoms with van der Waals surface area (Å²) >= 11 is 3.66. The molecule has 3 nitrogen and oxygen atoms in total. The molecule has 45 heavy (non-hydrogen) atoms. The van der Waals surface area contributed by atoms with Crippen LogP contribution in [0.3, 0.4) is 0 Å². The van der Waals surface area contributed by atoms with Crippen molar-refractivity contribution in [2.75, 3.05) is 14.2 Å². The predicted octanol–water partition coefficient (Wildman–Crippen LogP) is 10.7. The molecule has 0 spiro atoms. The summed E-state index contributed by atoms with van der Waals surface area (Å²) in [6.45, 7) is 4.44. The molecule has 2 aliphatic rings. The van der Waals surface area contributed by atoms with Gasteiger partial charge in [-0.3, -0.25) is 0 Å². The first-order valence-corrected chi connectivity index (χ1v) is 16.0. The number of hydrogen-bond donors (Lipinski definition) is 0. The van der Waals surface area contributed by atoms with E-state index in [1.165, 1.54) is 6.07 Å². The lowest BCUT2D eigenvalue weighted by Gasteiger charge is -2.39. The van der Waals surface area contributed by atoms with Crippen molar-refractivity contribution < 1.29 is 23.0 Å². The molecule has 1 heterocycles. The largest absolute Gasteiger partial charge is 0.497 e. The van der Waals surface area contributed by atoms with E-state index in [0.29, 0.717) is 22.6 Å². The lowest BCUT2D eigenvalue weighted by atomic mass is 9.73. The standard InChI is InChI=1S/C39H33BrF2O3/c1-5-6-18-38(2)32-16-11-25(40)20-30(32)34-31-21-26(41)22-33(42)35(31)37-29(36(34)38)17-19-39(45-37,23-7-12-27(43-3)13-8-23)24-9-14-28(44-4)15-10-24/h7-17,19-22H,5-6,18H2,1-4H3. The fourth-order valence-corrected chi connectivity index (χ4v) is 7.68. The number of benzene rings is 5. The Morgan fingerprint density at radius 2 is 1.49 bits per heavy atom. The smallest absolute Gasteiger partial charge is 0.178 e. The zero-order valence-electron chi connectivity index (χ0n) is 25.6. The van der Waals surface area contributed by atoms with E-state index >= 15 is 8.78 Å². The first-order valence-electron chi connectivity index (χ1n) is 15.2. The van der Waals surface area contributed by atoms with E-state index in [1.54, 1.807) is 14.2 Å². The van der Waals surface area contributed by atoms with Crippen molar-refractivity contribution in [2.45, 2.75) is 44.1 Å². The van der Waals surface area contributed by atoms with Gasteiger partial charge in [0.15, 0.2) is 5.60 Å². The van der Waals surface area contributed by atoms with Gasteiger partial charge in [-0.05, 0) is 82.6 Å². The normalized spacial score (nSPS) is 17.4. The highest BCUT2D eigenvalue weighted by atomic mass is 79.9. The molecular weight excluding hydrogens is 634 g/mol. The van der Waals surface area contributed by atoms with Crippen molar-refractivity contribution in [2.24, 2.45) is 0 Å². The number of rotatable bonds is 7. The molecule has 5 aromatic rings. The SMILES string of the molecule is CCCCC1(C)c2ccc(Br)cc2-c2c1c1c(c3c(F)cc(F)cc23)OC(c2ccc(OC)cc2)(c2ccc(OC)cc2)C=C1. The molecule has 0 N–H and O–H groups in total. The van der Waals surface area contributed by atoms with Crippen molar-refractivity contribution in [3.63, 3.8) is 0 Å². The number of ether oxygens (including phenoxy) is 3. The highest BCUT2D eigenvalue weighted by Gasteiger charge is 2.46. The summed E-state index contributed by atoms with van der Waals surface area (Å²) in [5, 5.41) is 0.779. The summed E-state index contributed by atoms with van der Waals surface area (Å²) in [6.07, 6.45) is 7.06. The van der Waals surface area contributed by atoms with Crippen LogP contribution in [-0.4, -0.2) is 14.2 Å². The first-order chi connectivity index (χ1) is 21.7. The first kappa shape index (κ1) is 29.5. The molecular formula is C39H33BrF2O3. The fourth-order valence-electron chi connectivity index (χ4n) is 7.32. The van der Waals surface area contributed by atoms with E-state index in [4.69, 9.17) is 14.2 Å². The number of hydrogen-bond acceptors (Lipinski definition) is 3. The van der Waals surface area contributed by atoms with E-state index in [2.05, 4.69) is 60.1 Å². The minimum absolute atomic E-state index is 0.270. The number of fused-ring (bicyclic) bond motifs is 8. The van der Waals surface area contributed by atoms with Gasteiger partial charge in [-0.1, -0.05) is 79.0 Å². The summed E-state index contributed by atoms with van der Waals surface area (Å²) in [6, 6.07) is 24.1. The Hall–Kier alpha value is -4.16. The van der Waals surface area contributed by atoms with Crippen LogP contribution in [0, 0.1) is 11.6 Å². The van der Waals surface area contributed by atoms with E-state index in [0.717, 1.165) is 68.7 Å². The third kappa shape index (κ3) is 4.48. The van der Waals surface area contributed by atoms with Crippen LogP contribution >= 0.6 is 15.9 Å². The van der Waals surface area contributed by atoms with E-state index in [1.807, 2.05) is 48.5 Å². The number of unbranched alkanes of at least 4 members (excludes halogenated alkanes) is 1. The van der Waals surface area contributed by atoms with Crippen molar-refractivity contribution in [1.82, 2.24) is 0 Å². The Morgan fingerprint density at radius 3 is 2.09 bits per heavy atom. The zero-order valence-corrected chi connectivity index (χ0v) is 27.2. The number of halogens is 3. The molecule has 0 fully saturated rings. The minimum Gasteiger partial charge on any atom is -0.497 e. The lowest BCUT2D eigenvalue weighted by Crippen LogP contribution is -2.35. The highest BCUT2D eigenvalue weighted by Crippen LogP contribution is 2.60. The quantitative estimate of drug-likeness (QED) is 0.173. The van der Waals surface area contributed by atoms with Crippen LogP contribution in [-0.2, 0) is 11.0 Å². The fraction of sp³-hybridized carbons (Fsp3) is 0.231. The molecule has 0 amide bonds. The maximum absolute atomic E-state index is 16.2. The van der Waals surface area contributed by atoms with Crippen LogP contribution in [0.4, 0.5) is 8.78 Å². The van der Waals surface area contributed by atoms with Crippen LogP contribution in [0.2, 0.25) is 0 Å². The van der Waals surface area contributed by atoms with Crippen molar-refractivity contribution in [3.8, 4) is 28.4 Å². The Morgan fingerprint density at radius 1 is 0.844 bits per heavy atom. The molecule has 1 aliphatic carbocycles. The average Bonchev–Trinajstić information content (AvgIpc) is 3.31. The molecule has 1 atom stereocenters. The number of methoxy groups -OCH3 is 2. The predicted molar refractivity (Wildman–Crippen MR) is 179 cm³/mol. The van der Waals surface area contributed by atoms with Crippen molar-refractivity contribution in [3.05, 3.63) is 129 Å². The summed E-state index contributed by atoms with van der Waals surface area (Å²) in [7, 11) is 3.25. The maximum Gasteiger partial charge on any atom is 0.178 e. The molecule has 228 valence electrons. The van der Waals surface area contributed by atoms with Gasteiger partial charge in [0.05, 0.1) is 19.6 Å². The van der Waals surface area contributed by atoms with Gasteiger partial charge in [-0.2, -0.15) is 0 Å². The van der Waals surface area contributed by atoms with Gasteiger partial charge in [0.2, 0.25) is 0 Å². The third-order valence-electron chi connectivity index (χ3n) is 9.53. The molecule has 7 rings (SSSR count). The average molecular weight is 668 g/mol. The molecule has 0 saturated carbocycles. The van der Waals surface area contributed by atoms with Gasteiger partial charge in [-0.15, -0.1) is 0 Å². The van der Waals surface area contributed by atoms with Crippen LogP contribution in [0.5, 0.6) is 17.2 Å². The second-order valence-corrected chi connectivity index (χ2v) is 13.0. The van der Waals surface area contributed by atoms with Gasteiger partial charge in [0.1, 0.15) is 28.9 Å². The van der Waals surface area contributed by atoms with Crippen molar-refractivity contribution in [1.29, 1.82) is 0 Å². The lowest BCUT2D eigenvalue weighted by molar-refractivity contribution is 0.162. The third-order valence-corrected chi connectivity index (χ3v) is 10.0. The molecule has 5 aromatic carbocycles. The molecule has 1 unspecified atom stereocenters. The Bertz CT molecular complexity index is 1930. The zero-order chi connectivity index (χ0) is 31.5. The molecule has 1 aliphatic heterocycles. The van der Waals surface area contributed by atoms with Gasteiger partial charge in [-0.25, -0.2) is 8.78 Å². The van der Waals surface area contributed by atoms with Gasteiger partial charge in [0, 0.05) is 32.6 Å². The highest BCUT2D eigenvalue weighted by molar-refractivity contribution is 9.10. The summed E-state index contributed by atoms with van der Waals surface area (Å²) in [4.78, 5) is 0. The van der Waals surface area contributed by atoms with Crippen LogP contribution < -0.4 is 14.2 Å². The Balaban J connectivity index is 1.57. The van der Waals surface area contributed by atoms with Crippen LogP contribution in [0.15, 0.2) is 89.4 Å².